The lowest BCUT2D eigenvalue weighted by molar-refractivity contribution is -0.120. The van der Waals surface area contributed by atoms with E-state index in [0.717, 1.165) is 50.0 Å². The summed E-state index contributed by atoms with van der Waals surface area (Å²) in [6.45, 7) is 4.99. The second-order valence-electron chi connectivity index (χ2n) is 7.62. The molecule has 1 fully saturated rings. The first-order valence-corrected chi connectivity index (χ1v) is 10.2. The number of nitrogens with one attached hydrogen (secondary N) is 2. The van der Waals surface area contributed by atoms with Crippen LogP contribution in [0.1, 0.15) is 30.9 Å². The standard InChI is InChI=1S/C23H28N4O/c1-2-18-4-3-5-21-19(16-26-23(18)21)14-22(28)25-15-17-8-12-27(13-9-17)20-6-10-24-11-7-20/h3-7,10-11,16-17,26H,2,8-9,12-15H2,1H3,(H,25,28). The van der Waals surface area contributed by atoms with Crippen molar-refractivity contribution in [2.45, 2.75) is 32.6 Å². The van der Waals surface area contributed by atoms with Crippen molar-refractivity contribution in [3.8, 4) is 0 Å². The van der Waals surface area contributed by atoms with E-state index in [0.29, 0.717) is 12.3 Å². The third-order valence-electron chi connectivity index (χ3n) is 5.85. The van der Waals surface area contributed by atoms with Crippen molar-refractivity contribution in [1.29, 1.82) is 0 Å². The van der Waals surface area contributed by atoms with Crippen LogP contribution in [-0.2, 0) is 17.6 Å². The second-order valence-corrected chi connectivity index (χ2v) is 7.62. The number of aryl methyl sites for hydroxylation is 1. The molecule has 0 atom stereocenters. The maximum Gasteiger partial charge on any atom is 0.224 e. The number of aromatic nitrogens is 2. The quantitative estimate of drug-likeness (QED) is 0.690. The minimum Gasteiger partial charge on any atom is -0.371 e. The molecule has 1 aliphatic rings. The van der Waals surface area contributed by atoms with Crippen LogP contribution in [0.15, 0.2) is 48.9 Å². The molecule has 3 heterocycles. The van der Waals surface area contributed by atoms with Crippen LogP contribution in [0.5, 0.6) is 0 Å². The molecule has 0 aliphatic carbocycles. The molecule has 0 spiro atoms. The summed E-state index contributed by atoms with van der Waals surface area (Å²) in [6, 6.07) is 10.4. The molecule has 5 nitrogen and oxygen atoms in total. The fraction of sp³-hybridized carbons (Fsp3) is 0.391. The van der Waals surface area contributed by atoms with Crippen LogP contribution in [-0.4, -0.2) is 35.5 Å². The zero-order valence-electron chi connectivity index (χ0n) is 16.4. The van der Waals surface area contributed by atoms with Gasteiger partial charge in [-0.2, -0.15) is 0 Å². The first kappa shape index (κ1) is 18.5. The highest BCUT2D eigenvalue weighted by Crippen LogP contribution is 2.24. The number of nitrogens with zero attached hydrogens (tertiary/aromatic N) is 2. The maximum absolute atomic E-state index is 12.5. The molecule has 5 heteroatoms. The lowest BCUT2D eigenvalue weighted by Gasteiger charge is -2.33. The van der Waals surface area contributed by atoms with Gasteiger partial charge in [-0.25, -0.2) is 0 Å². The number of carbonyl (C=O) groups excluding carboxylic acids is 1. The lowest BCUT2D eigenvalue weighted by atomic mass is 9.96. The summed E-state index contributed by atoms with van der Waals surface area (Å²) >= 11 is 0. The molecule has 0 radical (unpaired) electrons. The van der Waals surface area contributed by atoms with Gasteiger partial charge in [0, 0.05) is 54.8 Å². The molecule has 1 saturated heterocycles. The first-order valence-electron chi connectivity index (χ1n) is 10.2. The van der Waals surface area contributed by atoms with E-state index in [1.807, 2.05) is 18.6 Å². The number of para-hydroxylation sites is 1. The minimum absolute atomic E-state index is 0.111. The Morgan fingerprint density at radius 1 is 1.18 bits per heavy atom. The average Bonchev–Trinajstić information content (AvgIpc) is 3.16. The van der Waals surface area contributed by atoms with Gasteiger partial charge in [0.05, 0.1) is 6.42 Å². The number of fused-ring (bicyclic) bond motifs is 1. The molecule has 1 aromatic carbocycles. The molecule has 146 valence electrons. The summed E-state index contributed by atoms with van der Waals surface area (Å²) < 4.78 is 0. The maximum atomic E-state index is 12.5. The predicted molar refractivity (Wildman–Crippen MR) is 114 cm³/mol. The Balaban J connectivity index is 1.28. The van der Waals surface area contributed by atoms with Gasteiger partial charge in [0.1, 0.15) is 0 Å². The zero-order valence-corrected chi connectivity index (χ0v) is 16.4. The van der Waals surface area contributed by atoms with Gasteiger partial charge >= 0.3 is 0 Å². The van der Waals surface area contributed by atoms with Crippen molar-refractivity contribution < 1.29 is 4.79 Å². The Bertz CT molecular complexity index is 926. The topological polar surface area (TPSA) is 61.0 Å². The fourth-order valence-corrected chi connectivity index (χ4v) is 4.16. The normalized spacial score (nSPS) is 15.1. The van der Waals surface area contributed by atoms with Gasteiger partial charge in [-0.05, 0) is 48.4 Å². The monoisotopic (exact) mass is 376 g/mol. The summed E-state index contributed by atoms with van der Waals surface area (Å²) in [5, 5.41) is 4.32. The number of pyridine rings is 1. The summed E-state index contributed by atoms with van der Waals surface area (Å²) in [5.41, 5.74) is 4.78. The summed E-state index contributed by atoms with van der Waals surface area (Å²) in [7, 11) is 0. The van der Waals surface area contributed by atoms with E-state index in [1.165, 1.54) is 16.6 Å². The molecule has 0 bridgehead atoms. The summed E-state index contributed by atoms with van der Waals surface area (Å²) in [5.74, 6) is 0.663. The molecule has 3 aromatic rings. The predicted octanol–water partition coefficient (Wildman–Crippen LogP) is 3.70. The van der Waals surface area contributed by atoms with Gasteiger partial charge in [-0.1, -0.05) is 25.1 Å². The number of piperidine rings is 1. The Hall–Kier alpha value is -2.82. The number of amides is 1. The smallest absolute Gasteiger partial charge is 0.224 e. The lowest BCUT2D eigenvalue weighted by Crippen LogP contribution is -2.39. The van der Waals surface area contributed by atoms with Gasteiger partial charge in [0.15, 0.2) is 0 Å². The number of hydrogen-bond acceptors (Lipinski definition) is 3. The van der Waals surface area contributed by atoms with Crippen LogP contribution < -0.4 is 10.2 Å². The van der Waals surface area contributed by atoms with E-state index in [-0.39, 0.29) is 5.91 Å². The van der Waals surface area contributed by atoms with E-state index < -0.39 is 0 Å². The van der Waals surface area contributed by atoms with Crippen molar-refractivity contribution in [2.24, 2.45) is 5.92 Å². The summed E-state index contributed by atoms with van der Waals surface area (Å²) in [4.78, 5) is 22.3. The van der Waals surface area contributed by atoms with E-state index in [1.54, 1.807) is 0 Å². The van der Waals surface area contributed by atoms with Gasteiger partial charge < -0.3 is 15.2 Å². The minimum atomic E-state index is 0.111. The van der Waals surface area contributed by atoms with Crippen LogP contribution >= 0.6 is 0 Å². The average molecular weight is 377 g/mol. The number of H-pyrrole nitrogens is 1. The Morgan fingerprint density at radius 2 is 1.96 bits per heavy atom. The van der Waals surface area contributed by atoms with Crippen molar-refractivity contribution in [2.75, 3.05) is 24.5 Å². The second kappa shape index (κ2) is 8.46. The van der Waals surface area contributed by atoms with Crippen LogP contribution in [0.25, 0.3) is 10.9 Å². The Kier molecular flexibility index (Phi) is 5.60. The van der Waals surface area contributed by atoms with E-state index in [4.69, 9.17) is 0 Å². The summed E-state index contributed by atoms with van der Waals surface area (Å²) in [6.07, 6.45) is 9.30. The van der Waals surface area contributed by atoms with Gasteiger partial charge in [-0.15, -0.1) is 0 Å². The van der Waals surface area contributed by atoms with E-state index >= 15 is 0 Å². The van der Waals surface area contributed by atoms with Gasteiger partial charge in [-0.3, -0.25) is 9.78 Å². The number of aromatic amines is 1. The highest BCUT2D eigenvalue weighted by atomic mass is 16.1. The number of benzene rings is 1. The van der Waals surface area contributed by atoms with Crippen molar-refractivity contribution in [1.82, 2.24) is 15.3 Å². The Labute approximate surface area is 166 Å². The molecular formula is C23H28N4O. The van der Waals surface area contributed by atoms with Crippen LogP contribution in [0.2, 0.25) is 0 Å². The number of rotatable bonds is 6. The number of anilines is 1. The molecule has 4 rings (SSSR count). The molecule has 0 saturated carbocycles. The molecule has 1 amide bonds. The van der Waals surface area contributed by atoms with Crippen LogP contribution in [0, 0.1) is 5.92 Å². The molecule has 1 aliphatic heterocycles. The van der Waals surface area contributed by atoms with Crippen LogP contribution in [0.4, 0.5) is 5.69 Å². The van der Waals surface area contributed by atoms with E-state index in [2.05, 4.69) is 57.4 Å². The molecular weight excluding hydrogens is 348 g/mol. The fourth-order valence-electron chi connectivity index (χ4n) is 4.16. The SMILES string of the molecule is CCc1cccc2c(CC(=O)NCC3CCN(c4ccncc4)CC3)c[nH]c12. The Morgan fingerprint density at radius 3 is 2.71 bits per heavy atom. The van der Waals surface area contributed by atoms with Gasteiger partial charge in [0.2, 0.25) is 5.91 Å². The zero-order chi connectivity index (χ0) is 19.3. The highest BCUT2D eigenvalue weighted by molar-refractivity contribution is 5.90. The molecule has 0 unspecified atom stereocenters. The van der Waals surface area contributed by atoms with Crippen molar-refractivity contribution in [3.63, 3.8) is 0 Å². The largest absolute Gasteiger partial charge is 0.371 e. The third kappa shape index (κ3) is 4.03. The van der Waals surface area contributed by atoms with Crippen molar-refractivity contribution >= 4 is 22.5 Å². The molecule has 2 N–H and O–H groups in total. The van der Waals surface area contributed by atoms with Crippen LogP contribution in [0.3, 0.4) is 0 Å². The first-order chi connectivity index (χ1) is 13.7. The third-order valence-corrected chi connectivity index (χ3v) is 5.85. The molecule has 28 heavy (non-hydrogen) atoms. The molecule has 2 aromatic heterocycles. The highest BCUT2D eigenvalue weighted by Gasteiger charge is 2.20. The van der Waals surface area contributed by atoms with Gasteiger partial charge in [0.25, 0.3) is 0 Å². The number of carbonyl (C=O) groups is 1. The van der Waals surface area contributed by atoms with E-state index in [9.17, 15) is 4.79 Å². The number of hydrogen-bond donors (Lipinski definition) is 2. The van der Waals surface area contributed by atoms with Crippen molar-refractivity contribution in [3.05, 3.63) is 60.0 Å².